The first-order valence-electron chi connectivity index (χ1n) is 4.26. The number of aliphatic hydroxyl groups excluding tert-OH is 1. The SMILES string of the molecule is O=NC1=C(O)C(c2ccccc2)OC1=O. The van der Waals surface area contributed by atoms with Gasteiger partial charge in [0.2, 0.25) is 5.70 Å². The molecule has 0 fully saturated rings. The van der Waals surface area contributed by atoms with Crippen molar-refractivity contribution in [3.63, 3.8) is 0 Å². The van der Waals surface area contributed by atoms with Crippen LogP contribution in [0.15, 0.2) is 47.0 Å². The average molecular weight is 205 g/mol. The molecule has 0 saturated heterocycles. The largest absolute Gasteiger partial charge is 0.506 e. The second-order valence-corrected chi connectivity index (χ2v) is 3.02. The van der Waals surface area contributed by atoms with Gasteiger partial charge in [-0.05, 0) is 5.18 Å². The van der Waals surface area contributed by atoms with Gasteiger partial charge in [-0.1, -0.05) is 30.3 Å². The summed E-state index contributed by atoms with van der Waals surface area (Å²) in [5.74, 6) is -1.32. The molecule has 0 aromatic heterocycles. The third-order valence-electron chi connectivity index (χ3n) is 2.10. The number of nitrogens with zero attached hydrogens (tertiary/aromatic N) is 1. The smallest absolute Gasteiger partial charge is 0.365 e. The maximum atomic E-state index is 11.1. The fourth-order valence-corrected chi connectivity index (χ4v) is 1.39. The molecule has 15 heavy (non-hydrogen) atoms. The standard InChI is InChI=1S/C10H7NO4/c12-8-7(11-14)10(13)15-9(8)6-4-2-1-3-5-6/h1-5,9,12H. The summed E-state index contributed by atoms with van der Waals surface area (Å²) >= 11 is 0. The Hall–Kier alpha value is -2.17. The van der Waals surface area contributed by atoms with Gasteiger partial charge in [-0.15, -0.1) is 4.91 Å². The number of hydrogen-bond donors (Lipinski definition) is 1. The van der Waals surface area contributed by atoms with Gasteiger partial charge < -0.3 is 9.84 Å². The van der Waals surface area contributed by atoms with Crippen LogP contribution in [0.4, 0.5) is 0 Å². The Balaban J connectivity index is 2.39. The molecule has 1 heterocycles. The van der Waals surface area contributed by atoms with Crippen molar-refractivity contribution in [1.29, 1.82) is 0 Å². The molecule has 1 aromatic carbocycles. The lowest BCUT2D eigenvalue weighted by atomic mass is 10.1. The Labute approximate surface area is 85.0 Å². The summed E-state index contributed by atoms with van der Waals surface area (Å²) in [4.78, 5) is 21.3. The molecule has 0 spiro atoms. The zero-order valence-electron chi connectivity index (χ0n) is 7.58. The van der Waals surface area contributed by atoms with Crippen molar-refractivity contribution in [2.75, 3.05) is 0 Å². The number of aliphatic hydroxyl groups is 1. The van der Waals surface area contributed by atoms with E-state index in [1.807, 2.05) is 0 Å². The molecule has 2 rings (SSSR count). The fraction of sp³-hybridized carbons (Fsp3) is 0.100. The Morgan fingerprint density at radius 1 is 1.27 bits per heavy atom. The number of benzene rings is 1. The molecule has 1 unspecified atom stereocenters. The van der Waals surface area contributed by atoms with Crippen LogP contribution in [0.25, 0.3) is 0 Å². The van der Waals surface area contributed by atoms with Gasteiger partial charge >= 0.3 is 5.97 Å². The van der Waals surface area contributed by atoms with E-state index in [4.69, 9.17) is 4.74 Å². The number of cyclic esters (lactones) is 1. The third-order valence-corrected chi connectivity index (χ3v) is 2.10. The quantitative estimate of drug-likeness (QED) is 0.590. The first-order valence-corrected chi connectivity index (χ1v) is 4.26. The van der Waals surface area contributed by atoms with Crippen LogP contribution >= 0.6 is 0 Å². The molecule has 1 aliphatic heterocycles. The normalized spacial score (nSPS) is 20.3. The van der Waals surface area contributed by atoms with E-state index in [-0.39, 0.29) is 0 Å². The van der Waals surface area contributed by atoms with E-state index >= 15 is 0 Å². The average Bonchev–Trinajstić information content (AvgIpc) is 2.55. The van der Waals surface area contributed by atoms with Gasteiger partial charge in [0, 0.05) is 5.56 Å². The highest BCUT2D eigenvalue weighted by Crippen LogP contribution is 2.33. The number of carbonyl (C=O) groups excluding carboxylic acids is 1. The Bertz CT molecular complexity index is 438. The number of rotatable bonds is 2. The second kappa shape index (κ2) is 3.53. The van der Waals surface area contributed by atoms with Gasteiger partial charge in [-0.3, -0.25) is 0 Å². The number of esters is 1. The molecule has 0 aliphatic carbocycles. The summed E-state index contributed by atoms with van der Waals surface area (Å²) < 4.78 is 4.81. The van der Waals surface area contributed by atoms with Crippen molar-refractivity contribution in [3.05, 3.63) is 52.3 Å². The first kappa shape index (κ1) is 9.39. The molecule has 1 aromatic rings. The van der Waals surface area contributed by atoms with Crippen molar-refractivity contribution in [1.82, 2.24) is 0 Å². The van der Waals surface area contributed by atoms with Crippen LogP contribution in [0, 0.1) is 4.91 Å². The van der Waals surface area contributed by atoms with E-state index in [1.165, 1.54) is 0 Å². The summed E-state index contributed by atoms with van der Waals surface area (Å²) in [5, 5.41) is 11.9. The van der Waals surface area contributed by atoms with Crippen molar-refractivity contribution in [3.8, 4) is 0 Å². The number of ether oxygens (including phenoxy) is 1. The van der Waals surface area contributed by atoms with Crippen LogP contribution in [-0.4, -0.2) is 11.1 Å². The van der Waals surface area contributed by atoms with Crippen LogP contribution in [0.1, 0.15) is 11.7 Å². The number of hydrogen-bond acceptors (Lipinski definition) is 5. The van der Waals surface area contributed by atoms with Gasteiger partial charge in [0.05, 0.1) is 0 Å². The van der Waals surface area contributed by atoms with E-state index in [9.17, 15) is 14.8 Å². The molecular formula is C10H7NO4. The topological polar surface area (TPSA) is 76.0 Å². The molecule has 0 saturated carbocycles. The Morgan fingerprint density at radius 3 is 2.47 bits per heavy atom. The Morgan fingerprint density at radius 2 is 1.93 bits per heavy atom. The Kier molecular flexibility index (Phi) is 2.21. The number of carbonyl (C=O) groups is 1. The zero-order valence-corrected chi connectivity index (χ0v) is 7.58. The second-order valence-electron chi connectivity index (χ2n) is 3.02. The predicted octanol–water partition coefficient (Wildman–Crippen LogP) is 1.82. The molecule has 1 atom stereocenters. The van der Waals surface area contributed by atoms with Crippen LogP contribution in [0.3, 0.4) is 0 Å². The third kappa shape index (κ3) is 1.48. The maximum Gasteiger partial charge on any atom is 0.365 e. The first-order chi connectivity index (χ1) is 7.24. The lowest BCUT2D eigenvalue weighted by molar-refractivity contribution is -0.140. The number of nitroso groups, excluding NO2 is 1. The van der Waals surface area contributed by atoms with Crippen molar-refractivity contribution in [2.24, 2.45) is 5.18 Å². The lowest BCUT2D eigenvalue weighted by Gasteiger charge is -2.09. The van der Waals surface area contributed by atoms with Crippen molar-refractivity contribution in [2.45, 2.75) is 6.10 Å². The van der Waals surface area contributed by atoms with E-state index in [1.54, 1.807) is 30.3 Å². The van der Waals surface area contributed by atoms with Crippen LogP contribution < -0.4 is 0 Å². The van der Waals surface area contributed by atoms with Crippen molar-refractivity contribution >= 4 is 5.97 Å². The van der Waals surface area contributed by atoms with Gasteiger partial charge in [0.1, 0.15) is 0 Å². The molecule has 1 N–H and O–H groups in total. The predicted molar refractivity (Wildman–Crippen MR) is 50.7 cm³/mol. The lowest BCUT2D eigenvalue weighted by Crippen LogP contribution is -2.02. The summed E-state index contributed by atoms with van der Waals surface area (Å²) in [6, 6.07) is 8.63. The minimum Gasteiger partial charge on any atom is -0.506 e. The van der Waals surface area contributed by atoms with Crippen molar-refractivity contribution < 1.29 is 14.6 Å². The molecule has 0 amide bonds. The molecule has 5 nitrogen and oxygen atoms in total. The summed E-state index contributed by atoms with van der Waals surface area (Å²) in [7, 11) is 0. The highest BCUT2D eigenvalue weighted by Gasteiger charge is 2.36. The minimum atomic E-state index is -0.911. The highest BCUT2D eigenvalue weighted by atomic mass is 16.6. The van der Waals surface area contributed by atoms with Gasteiger partial charge in [-0.2, -0.15) is 0 Å². The highest BCUT2D eigenvalue weighted by molar-refractivity contribution is 5.91. The summed E-state index contributed by atoms with van der Waals surface area (Å²) in [6.45, 7) is 0. The summed E-state index contributed by atoms with van der Waals surface area (Å²) in [5.41, 5.74) is 0.0471. The minimum absolute atomic E-state index is 0.429. The summed E-state index contributed by atoms with van der Waals surface area (Å²) in [6.07, 6.45) is -0.911. The van der Waals surface area contributed by atoms with E-state index in [0.717, 1.165) is 0 Å². The molecular weight excluding hydrogens is 198 g/mol. The molecule has 0 bridgehead atoms. The molecule has 0 radical (unpaired) electrons. The van der Waals surface area contributed by atoms with Crippen LogP contribution in [-0.2, 0) is 9.53 Å². The van der Waals surface area contributed by atoms with Gasteiger partial charge in [0.15, 0.2) is 11.9 Å². The molecule has 1 aliphatic rings. The monoisotopic (exact) mass is 205 g/mol. The van der Waals surface area contributed by atoms with E-state index in [0.29, 0.717) is 5.56 Å². The zero-order chi connectivity index (χ0) is 10.8. The van der Waals surface area contributed by atoms with E-state index in [2.05, 4.69) is 5.18 Å². The molecule has 5 heteroatoms. The van der Waals surface area contributed by atoms with Crippen LogP contribution in [0.2, 0.25) is 0 Å². The maximum absolute atomic E-state index is 11.1. The van der Waals surface area contributed by atoms with Gasteiger partial charge in [-0.25, -0.2) is 4.79 Å². The molecule has 76 valence electrons. The van der Waals surface area contributed by atoms with Crippen LogP contribution in [0.5, 0.6) is 0 Å². The fourth-order valence-electron chi connectivity index (χ4n) is 1.39. The van der Waals surface area contributed by atoms with E-state index < -0.39 is 23.5 Å². The van der Waals surface area contributed by atoms with Gasteiger partial charge in [0.25, 0.3) is 0 Å².